The predicted molar refractivity (Wildman–Crippen MR) is 97.9 cm³/mol. The third-order valence-corrected chi connectivity index (χ3v) is 3.53. The van der Waals surface area contributed by atoms with Gasteiger partial charge in [-0.1, -0.05) is 6.07 Å². The number of benzene rings is 2. The predicted octanol–water partition coefficient (Wildman–Crippen LogP) is 1.75. The van der Waals surface area contributed by atoms with Gasteiger partial charge in [0.05, 0.1) is 20.8 Å². The van der Waals surface area contributed by atoms with Crippen LogP contribution >= 0.6 is 0 Å². The van der Waals surface area contributed by atoms with Crippen LogP contribution in [0.15, 0.2) is 42.5 Å². The second-order valence-corrected chi connectivity index (χ2v) is 5.45. The van der Waals surface area contributed by atoms with Crippen LogP contribution in [0, 0.1) is 5.82 Å². The van der Waals surface area contributed by atoms with Crippen LogP contribution < -0.4 is 20.1 Å². The Labute approximate surface area is 160 Å². The number of halogens is 1. The molecule has 0 saturated heterocycles. The topological polar surface area (TPSA) is 103 Å². The lowest BCUT2D eigenvalue weighted by Crippen LogP contribution is -2.35. The molecule has 0 aliphatic rings. The van der Waals surface area contributed by atoms with E-state index in [2.05, 4.69) is 10.6 Å². The Hall–Kier alpha value is -3.62. The highest BCUT2D eigenvalue weighted by Crippen LogP contribution is 2.30. The quantitative estimate of drug-likeness (QED) is 0.666. The van der Waals surface area contributed by atoms with Gasteiger partial charge in [0.15, 0.2) is 18.1 Å². The van der Waals surface area contributed by atoms with Crippen molar-refractivity contribution in [2.75, 3.05) is 32.7 Å². The van der Waals surface area contributed by atoms with Crippen LogP contribution in [0.1, 0.15) is 10.4 Å². The average molecular weight is 390 g/mol. The Bertz CT molecular complexity index is 854. The number of nitrogens with one attached hydrogen (secondary N) is 2. The van der Waals surface area contributed by atoms with Gasteiger partial charge in [-0.15, -0.1) is 0 Å². The first-order valence-electron chi connectivity index (χ1n) is 8.14. The van der Waals surface area contributed by atoms with E-state index >= 15 is 0 Å². The fraction of sp³-hybridized carbons (Fsp3) is 0.211. The van der Waals surface area contributed by atoms with Gasteiger partial charge in [-0.25, -0.2) is 9.18 Å². The number of rotatable bonds is 8. The highest BCUT2D eigenvalue weighted by Gasteiger charge is 2.18. The standard InChI is InChI=1S/C19H19FN2O6/c1-26-15-5-3-4-14(18(15)27-2)19(25)28-11-17(24)21-10-16(23)22-13-8-6-12(20)7-9-13/h3-9H,10-11H2,1-2H3,(H,21,24)(H,22,23). The van der Waals surface area contributed by atoms with Crippen molar-refractivity contribution in [1.29, 1.82) is 0 Å². The summed E-state index contributed by atoms with van der Waals surface area (Å²) in [4.78, 5) is 35.7. The molecule has 0 bridgehead atoms. The van der Waals surface area contributed by atoms with Crippen LogP contribution in [0.5, 0.6) is 11.5 Å². The maximum absolute atomic E-state index is 12.8. The summed E-state index contributed by atoms with van der Waals surface area (Å²) in [5.74, 6) is -1.85. The maximum atomic E-state index is 12.8. The number of esters is 1. The first-order valence-corrected chi connectivity index (χ1v) is 8.14. The Morgan fingerprint density at radius 3 is 2.32 bits per heavy atom. The Balaban J connectivity index is 1.81. The van der Waals surface area contributed by atoms with Crippen molar-refractivity contribution in [2.24, 2.45) is 0 Å². The first-order chi connectivity index (χ1) is 13.4. The minimum Gasteiger partial charge on any atom is -0.493 e. The van der Waals surface area contributed by atoms with E-state index in [9.17, 15) is 18.8 Å². The number of hydrogen-bond donors (Lipinski definition) is 2. The van der Waals surface area contributed by atoms with Gasteiger partial charge >= 0.3 is 5.97 Å². The van der Waals surface area contributed by atoms with Crippen LogP contribution in [0.25, 0.3) is 0 Å². The molecule has 148 valence electrons. The van der Waals surface area contributed by atoms with Crippen molar-refractivity contribution in [3.63, 3.8) is 0 Å². The van der Waals surface area contributed by atoms with Gasteiger partial charge in [0.25, 0.3) is 5.91 Å². The number of carbonyl (C=O) groups is 3. The summed E-state index contributed by atoms with van der Waals surface area (Å²) in [6.45, 7) is -0.917. The van der Waals surface area contributed by atoms with Crippen molar-refractivity contribution in [1.82, 2.24) is 5.32 Å². The van der Waals surface area contributed by atoms with Gasteiger partial charge in [0.2, 0.25) is 5.91 Å². The number of anilines is 1. The summed E-state index contributed by atoms with van der Waals surface area (Å²) < 4.78 is 28.0. The molecule has 28 heavy (non-hydrogen) atoms. The van der Waals surface area contributed by atoms with E-state index in [0.29, 0.717) is 11.4 Å². The fourth-order valence-corrected chi connectivity index (χ4v) is 2.23. The Kier molecular flexibility index (Phi) is 7.32. The van der Waals surface area contributed by atoms with Crippen molar-refractivity contribution < 1.29 is 33.0 Å². The first kappa shape index (κ1) is 20.7. The summed E-state index contributed by atoms with van der Waals surface area (Å²) in [6, 6.07) is 9.83. The molecule has 0 atom stereocenters. The molecule has 2 amide bonds. The molecular formula is C19H19FN2O6. The van der Waals surface area contributed by atoms with Crippen LogP contribution in [-0.2, 0) is 14.3 Å². The molecule has 0 aliphatic heterocycles. The summed E-state index contributed by atoms with van der Waals surface area (Å²) in [5.41, 5.74) is 0.487. The van der Waals surface area contributed by atoms with Gasteiger partial charge in [-0.3, -0.25) is 9.59 Å². The van der Waals surface area contributed by atoms with Gasteiger partial charge in [0.1, 0.15) is 11.4 Å². The van der Waals surface area contributed by atoms with E-state index in [-0.39, 0.29) is 17.9 Å². The molecule has 0 spiro atoms. The zero-order valence-corrected chi connectivity index (χ0v) is 15.3. The van der Waals surface area contributed by atoms with E-state index in [1.807, 2.05) is 0 Å². The van der Waals surface area contributed by atoms with Crippen LogP contribution in [-0.4, -0.2) is 45.2 Å². The molecule has 8 nitrogen and oxygen atoms in total. The lowest BCUT2D eigenvalue weighted by atomic mass is 10.2. The van der Waals surface area contributed by atoms with E-state index in [1.54, 1.807) is 12.1 Å². The van der Waals surface area contributed by atoms with Crippen molar-refractivity contribution in [3.8, 4) is 11.5 Å². The third-order valence-electron chi connectivity index (χ3n) is 3.53. The largest absolute Gasteiger partial charge is 0.493 e. The molecule has 2 rings (SSSR count). The second-order valence-electron chi connectivity index (χ2n) is 5.45. The molecule has 0 unspecified atom stereocenters. The second kappa shape index (κ2) is 9.91. The van der Waals surface area contributed by atoms with Crippen molar-refractivity contribution >= 4 is 23.5 Å². The summed E-state index contributed by atoms with van der Waals surface area (Å²) in [5, 5.41) is 4.80. The molecule has 0 aliphatic carbocycles. The zero-order chi connectivity index (χ0) is 20.5. The molecule has 0 heterocycles. The molecule has 2 aromatic carbocycles. The average Bonchev–Trinajstić information content (AvgIpc) is 2.71. The van der Waals surface area contributed by atoms with Crippen molar-refractivity contribution in [3.05, 3.63) is 53.8 Å². The highest BCUT2D eigenvalue weighted by atomic mass is 19.1. The van der Waals surface area contributed by atoms with Gasteiger partial charge in [-0.2, -0.15) is 0 Å². The number of ether oxygens (including phenoxy) is 3. The van der Waals surface area contributed by atoms with Crippen LogP contribution in [0.3, 0.4) is 0 Å². The number of amides is 2. The van der Waals surface area contributed by atoms with E-state index in [1.165, 1.54) is 44.6 Å². The number of carbonyl (C=O) groups excluding carboxylic acids is 3. The van der Waals surface area contributed by atoms with Gasteiger partial charge in [0, 0.05) is 5.69 Å². The van der Waals surface area contributed by atoms with Crippen molar-refractivity contribution in [2.45, 2.75) is 0 Å². The Morgan fingerprint density at radius 1 is 0.964 bits per heavy atom. The highest BCUT2D eigenvalue weighted by molar-refractivity contribution is 5.96. The van der Waals surface area contributed by atoms with Crippen LogP contribution in [0.2, 0.25) is 0 Å². The maximum Gasteiger partial charge on any atom is 0.342 e. The summed E-state index contributed by atoms with van der Waals surface area (Å²) in [6.07, 6.45) is 0. The zero-order valence-electron chi connectivity index (χ0n) is 15.3. The van der Waals surface area contributed by atoms with E-state index in [0.717, 1.165) is 0 Å². The molecule has 2 N–H and O–H groups in total. The van der Waals surface area contributed by atoms with Crippen LogP contribution in [0.4, 0.5) is 10.1 Å². The SMILES string of the molecule is COc1cccc(C(=O)OCC(=O)NCC(=O)Nc2ccc(F)cc2)c1OC. The van der Waals surface area contributed by atoms with Gasteiger partial charge < -0.3 is 24.8 Å². The summed E-state index contributed by atoms with van der Waals surface area (Å²) >= 11 is 0. The minimum absolute atomic E-state index is 0.101. The summed E-state index contributed by atoms with van der Waals surface area (Å²) in [7, 11) is 2.80. The smallest absolute Gasteiger partial charge is 0.342 e. The normalized spacial score (nSPS) is 9.96. The van der Waals surface area contributed by atoms with Gasteiger partial charge in [-0.05, 0) is 36.4 Å². The lowest BCUT2D eigenvalue weighted by molar-refractivity contribution is -0.126. The molecule has 0 radical (unpaired) electrons. The minimum atomic E-state index is -0.776. The number of hydrogen-bond acceptors (Lipinski definition) is 6. The number of para-hydroxylation sites is 1. The van der Waals surface area contributed by atoms with E-state index in [4.69, 9.17) is 14.2 Å². The fourth-order valence-electron chi connectivity index (χ4n) is 2.23. The molecule has 0 aromatic heterocycles. The molecule has 0 fully saturated rings. The molecule has 0 saturated carbocycles. The Morgan fingerprint density at radius 2 is 1.68 bits per heavy atom. The van der Waals surface area contributed by atoms with E-state index < -0.39 is 30.2 Å². The molecular weight excluding hydrogens is 371 g/mol. The molecule has 2 aromatic rings. The monoisotopic (exact) mass is 390 g/mol. The third kappa shape index (κ3) is 5.70. The molecule has 9 heteroatoms. The lowest BCUT2D eigenvalue weighted by Gasteiger charge is -2.12. The number of methoxy groups -OCH3 is 2.